The van der Waals surface area contributed by atoms with Crippen molar-refractivity contribution in [1.29, 1.82) is 0 Å². The summed E-state index contributed by atoms with van der Waals surface area (Å²) in [5.41, 5.74) is 3.67. The van der Waals surface area contributed by atoms with Crippen molar-refractivity contribution in [3.05, 3.63) is 89.2 Å². The van der Waals surface area contributed by atoms with Crippen molar-refractivity contribution in [2.75, 3.05) is 11.1 Å². The molecule has 1 amide bonds. The van der Waals surface area contributed by atoms with E-state index in [-0.39, 0.29) is 11.7 Å². The van der Waals surface area contributed by atoms with Gasteiger partial charge in [-0.05, 0) is 42.3 Å². The predicted octanol–water partition coefficient (Wildman–Crippen LogP) is 5.08. The summed E-state index contributed by atoms with van der Waals surface area (Å²) >= 11 is 7.56. The number of hydrogen-bond acceptors (Lipinski definition) is 5. The highest BCUT2D eigenvalue weighted by atomic mass is 35.5. The molecule has 0 aliphatic heterocycles. The molecule has 0 aliphatic carbocycles. The second kappa shape index (κ2) is 9.76. The number of carbonyl (C=O) groups is 1. The van der Waals surface area contributed by atoms with E-state index in [1.165, 1.54) is 11.8 Å². The monoisotopic (exact) mass is 449 g/mol. The average Bonchev–Trinajstić information content (AvgIpc) is 3.18. The molecule has 0 radical (unpaired) electrons. The van der Waals surface area contributed by atoms with Crippen LogP contribution >= 0.6 is 23.4 Å². The van der Waals surface area contributed by atoms with Gasteiger partial charge in [-0.25, -0.2) is 0 Å². The summed E-state index contributed by atoms with van der Waals surface area (Å²) in [5, 5.41) is 12.8. The first-order valence-corrected chi connectivity index (χ1v) is 11.0. The van der Waals surface area contributed by atoms with E-state index in [0.717, 1.165) is 22.5 Å². The Hall–Kier alpha value is -3.16. The number of pyridine rings is 1. The standard InChI is InChI=1S/C23H20ClN5OS/c1-16-7-8-20(19(24)13-16)26-21(30)15-31-23-28-27-22(18-9-11-25-12-10-18)29(23)14-17-5-3-2-4-6-17/h2-13H,14-15H2,1H3,(H,26,30). The number of hydrogen-bond donors (Lipinski definition) is 1. The minimum atomic E-state index is -0.157. The van der Waals surface area contributed by atoms with Crippen LogP contribution in [-0.2, 0) is 11.3 Å². The van der Waals surface area contributed by atoms with E-state index in [1.54, 1.807) is 18.5 Å². The van der Waals surface area contributed by atoms with E-state index in [2.05, 4.69) is 32.6 Å². The van der Waals surface area contributed by atoms with Gasteiger partial charge in [-0.1, -0.05) is 59.8 Å². The SMILES string of the molecule is Cc1ccc(NC(=O)CSc2nnc(-c3ccncc3)n2Cc2ccccc2)c(Cl)c1. The van der Waals surface area contributed by atoms with Crippen molar-refractivity contribution in [3.8, 4) is 11.4 Å². The van der Waals surface area contributed by atoms with Gasteiger partial charge < -0.3 is 5.32 Å². The number of nitrogens with one attached hydrogen (secondary N) is 1. The zero-order chi connectivity index (χ0) is 21.6. The molecule has 31 heavy (non-hydrogen) atoms. The second-order valence-corrected chi connectivity index (χ2v) is 8.28. The van der Waals surface area contributed by atoms with E-state index in [9.17, 15) is 4.79 Å². The first-order chi connectivity index (χ1) is 15.1. The quantitative estimate of drug-likeness (QED) is 0.398. The maximum absolute atomic E-state index is 12.5. The molecule has 0 bridgehead atoms. The highest BCUT2D eigenvalue weighted by molar-refractivity contribution is 7.99. The summed E-state index contributed by atoms with van der Waals surface area (Å²) in [4.78, 5) is 16.6. The lowest BCUT2D eigenvalue weighted by atomic mass is 10.2. The molecule has 0 saturated carbocycles. The second-order valence-electron chi connectivity index (χ2n) is 6.93. The Morgan fingerprint density at radius 3 is 2.58 bits per heavy atom. The van der Waals surface area contributed by atoms with Crippen molar-refractivity contribution >= 4 is 35.0 Å². The number of anilines is 1. The van der Waals surface area contributed by atoms with E-state index in [0.29, 0.717) is 22.4 Å². The molecule has 2 heterocycles. The Kier molecular flexibility index (Phi) is 6.64. The van der Waals surface area contributed by atoms with Crippen LogP contribution in [0.4, 0.5) is 5.69 Å². The molecular weight excluding hydrogens is 430 g/mol. The number of benzene rings is 2. The number of halogens is 1. The van der Waals surface area contributed by atoms with Crippen LogP contribution in [0, 0.1) is 6.92 Å². The minimum absolute atomic E-state index is 0.157. The molecule has 0 fully saturated rings. The summed E-state index contributed by atoms with van der Waals surface area (Å²) < 4.78 is 2.02. The first kappa shape index (κ1) is 21.1. The van der Waals surface area contributed by atoms with Gasteiger partial charge in [-0.3, -0.25) is 14.3 Å². The third-order valence-corrected chi connectivity index (χ3v) is 5.85. The largest absolute Gasteiger partial charge is 0.324 e. The van der Waals surface area contributed by atoms with Crippen LogP contribution in [0.2, 0.25) is 5.02 Å². The lowest BCUT2D eigenvalue weighted by molar-refractivity contribution is -0.113. The van der Waals surface area contributed by atoms with Gasteiger partial charge in [0.25, 0.3) is 0 Å². The van der Waals surface area contributed by atoms with Crippen LogP contribution in [0.3, 0.4) is 0 Å². The number of carbonyl (C=O) groups excluding carboxylic acids is 1. The van der Waals surface area contributed by atoms with Crippen molar-refractivity contribution < 1.29 is 4.79 Å². The first-order valence-electron chi connectivity index (χ1n) is 9.66. The molecule has 156 valence electrons. The van der Waals surface area contributed by atoms with Gasteiger partial charge in [0, 0.05) is 18.0 Å². The fourth-order valence-electron chi connectivity index (χ4n) is 3.06. The third-order valence-electron chi connectivity index (χ3n) is 4.57. The maximum Gasteiger partial charge on any atom is 0.234 e. The predicted molar refractivity (Wildman–Crippen MR) is 124 cm³/mol. The number of rotatable bonds is 7. The lowest BCUT2D eigenvalue weighted by Gasteiger charge is -2.11. The van der Waals surface area contributed by atoms with Crippen LogP contribution in [0.15, 0.2) is 78.2 Å². The smallest absolute Gasteiger partial charge is 0.234 e. The average molecular weight is 450 g/mol. The lowest BCUT2D eigenvalue weighted by Crippen LogP contribution is -2.15. The third kappa shape index (κ3) is 5.31. The number of thioether (sulfide) groups is 1. The van der Waals surface area contributed by atoms with Gasteiger partial charge in [-0.2, -0.15) is 0 Å². The topological polar surface area (TPSA) is 72.7 Å². The number of amides is 1. The van der Waals surface area contributed by atoms with E-state index in [4.69, 9.17) is 11.6 Å². The highest BCUT2D eigenvalue weighted by Crippen LogP contribution is 2.26. The maximum atomic E-state index is 12.5. The Morgan fingerprint density at radius 1 is 1.06 bits per heavy atom. The van der Waals surface area contributed by atoms with E-state index < -0.39 is 0 Å². The van der Waals surface area contributed by atoms with Crippen molar-refractivity contribution in [2.24, 2.45) is 0 Å². The molecule has 6 nitrogen and oxygen atoms in total. The fourth-order valence-corrected chi connectivity index (χ4v) is 4.08. The van der Waals surface area contributed by atoms with Gasteiger partial charge >= 0.3 is 0 Å². The van der Waals surface area contributed by atoms with Crippen molar-refractivity contribution in [2.45, 2.75) is 18.6 Å². The molecule has 0 atom stereocenters. The van der Waals surface area contributed by atoms with Gasteiger partial charge in [0.05, 0.1) is 23.0 Å². The van der Waals surface area contributed by atoms with Crippen LogP contribution in [0.25, 0.3) is 11.4 Å². The Balaban J connectivity index is 1.53. The molecule has 4 rings (SSSR count). The zero-order valence-corrected chi connectivity index (χ0v) is 18.4. The molecule has 8 heteroatoms. The fraction of sp³-hybridized carbons (Fsp3) is 0.130. The molecule has 2 aromatic heterocycles. The molecule has 0 saturated heterocycles. The van der Waals surface area contributed by atoms with Crippen molar-refractivity contribution in [1.82, 2.24) is 19.7 Å². The normalized spacial score (nSPS) is 10.8. The highest BCUT2D eigenvalue weighted by Gasteiger charge is 2.16. The summed E-state index contributed by atoms with van der Waals surface area (Å²) in [6.45, 7) is 2.55. The van der Waals surface area contributed by atoms with Gasteiger partial charge in [0.2, 0.25) is 5.91 Å². The number of aryl methyl sites for hydroxylation is 1. The van der Waals surface area contributed by atoms with Gasteiger partial charge in [0.15, 0.2) is 11.0 Å². The molecular formula is C23H20ClN5OS. The summed E-state index contributed by atoms with van der Waals surface area (Å²) in [6.07, 6.45) is 3.45. The Labute approximate surface area is 189 Å². The van der Waals surface area contributed by atoms with Crippen LogP contribution in [0.1, 0.15) is 11.1 Å². The molecule has 4 aromatic rings. The minimum Gasteiger partial charge on any atom is -0.324 e. The van der Waals surface area contributed by atoms with Crippen molar-refractivity contribution in [3.63, 3.8) is 0 Å². The summed E-state index contributed by atoms with van der Waals surface area (Å²) in [5.74, 6) is 0.763. The Morgan fingerprint density at radius 2 is 1.84 bits per heavy atom. The summed E-state index contributed by atoms with van der Waals surface area (Å²) in [7, 11) is 0. The molecule has 0 aliphatic rings. The number of aromatic nitrogens is 4. The zero-order valence-electron chi connectivity index (χ0n) is 16.8. The summed E-state index contributed by atoms with van der Waals surface area (Å²) in [6, 6.07) is 19.4. The van der Waals surface area contributed by atoms with E-state index >= 15 is 0 Å². The molecule has 0 spiro atoms. The van der Waals surface area contributed by atoms with Gasteiger partial charge in [-0.15, -0.1) is 10.2 Å². The van der Waals surface area contributed by atoms with E-state index in [1.807, 2.05) is 54.0 Å². The van der Waals surface area contributed by atoms with Crippen LogP contribution in [-0.4, -0.2) is 31.4 Å². The Bertz CT molecular complexity index is 1180. The number of nitrogens with zero attached hydrogens (tertiary/aromatic N) is 4. The van der Waals surface area contributed by atoms with Gasteiger partial charge in [0.1, 0.15) is 0 Å². The molecule has 1 N–H and O–H groups in total. The van der Waals surface area contributed by atoms with Crippen LogP contribution < -0.4 is 5.32 Å². The van der Waals surface area contributed by atoms with Crippen LogP contribution in [0.5, 0.6) is 0 Å². The molecule has 2 aromatic carbocycles. The molecule has 0 unspecified atom stereocenters.